The SMILES string of the molecule is Cl.NC[C@H]1CCC[C@H]1C(=O)N1CCOCC1. The molecular formula is C11H21ClN2O2. The lowest BCUT2D eigenvalue weighted by molar-refractivity contribution is -0.140. The number of rotatable bonds is 2. The Balaban J connectivity index is 0.00000128. The Bertz CT molecular complexity index is 232. The van der Waals surface area contributed by atoms with Crippen molar-refractivity contribution in [2.45, 2.75) is 19.3 Å². The maximum absolute atomic E-state index is 12.2. The molecule has 4 nitrogen and oxygen atoms in total. The minimum Gasteiger partial charge on any atom is -0.378 e. The van der Waals surface area contributed by atoms with E-state index in [2.05, 4.69) is 0 Å². The van der Waals surface area contributed by atoms with Crippen LogP contribution in [0.5, 0.6) is 0 Å². The van der Waals surface area contributed by atoms with Gasteiger partial charge in [-0.15, -0.1) is 12.4 Å². The molecule has 2 rings (SSSR count). The summed E-state index contributed by atoms with van der Waals surface area (Å²) in [6.45, 7) is 3.54. The maximum atomic E-state index is 12.2. The molecule has 1 saturated carbocycles. The first-order valence-electron chi connectivity index (χ1n) is 5.89. The summed E-state index contributed by atoms with van der Waals surface area (Å²) in [4.78, 5) is 14.1. The van der Waals surface area contributed by atoms with E-state index < -0.39 is 0 Å². The van der Waals surface area contributed by atoms with Crippen LogP contribution in [0.1, 0.15) is 19.3 Å². The van der Waals surface area contributed by atoms with E-state index in [1.807, 2.05) is 4.90 Å². The van der Waals surface area contributed by atoms with Gasteiger partial charge in [0.15, 0.2) is 0 Å². The molecule has 0 spiro atoms. The molecule has 1 heterocycles. The van der Waals surface area contributed by atoms with E-state index in [1.165, 1.54) is 0 Å². The average Bonchev–Trinajstić information content (AvgIpc) is 2.77. The second-order valence-electron chi connectivity index (χ2n) is 4.47. The van der Waals surface area contributed by atoms with Crippen LogP contribution in [0.3, 0.4) is 0 Å². The monoisotopic (exact) mass is 248 g/mol. The summed E-state index contributed by atoms with van der Waals surface area (Å²) >= 11 is 0. The molecule has 1 aliphatic carbocycles. The third kappa shape index (κ3) is 2.87. The molecule has 16 heavy (non-hydrogen) atoms. The van der Waals surface area contributed by atoms with Crippen LogP contribution in [0.2, 0.25) is 0 Å². The highest BCUT2D eigenvalue weighted by Gasteiger charge is 2.34. The molecule has 1 aliphatic heterocycles. The third-order valence-electron chi connectivity index (χ3n) is 3.60. The molecule has 5 heteroatoms. The van der Waals surface area contributed by atoms with Crippen molar-refractivity contribution in [2.24, 2.45) is 17.6 Å². The fourth-order valence-corrected chi connectivity index (χ4v) is 2.66. The second-order valence-corrected chi connectivity index (χ2v) is 4.47. The maximum Gasteiger partial charge on any atom is 0.226 e. The van der Waals surface area contributed by atoms with Crippen LogP contribution in [0.15, 0.2) is 0 Å². The van der Waals surface area contributed by atoms with Gasteiger partial charge in [0.1, 0.15) is 0 Å². The first-order valence-corrected chi connectivity index (χ1v) is 5.89. The zero-order valence-corrected chi connectivity index (χ0v) is 10.4. The number of morpholine rings is 1. The molecule has 94 valence electrons. The predicted molar refractivity (Wildman–Crippen MR) is 64.5 cm³/mol. The molecule has 0 aromatic heterocycles. The minimum atomic E-state index is 0. The Morgan fingerprint density at radius 2 is 2.00 bits per heavy atom. The minimum absolute atomic E-state index is 0. The lowest BCUT2D eigenvalue weighted by atomic mass is 9.94. The van der Waals surface area contributed by atoms with Crippen LogP contribution < -0.4 is 5.73 Å². The smallest absolute Gasteiger partial charge is 0.226 e. The van der Waals surface area contributed by atoms with Crippen molar-refractivity contribution < 1.29 is 9.53 Å². The molecular weight excluding hydrogens is 228 g/mol. The molecule has 0 unspecified atom stereocenters. The summed E-state index contributed by atoms with van der Waals surface area (Å²) < 4.78 is 5.25. The highest BCUT2D eigenvalue weighted by molar-refractivity contribution is 5.85. The van der Waals surface area contributed by atoms with Gasteiger partial charge < -0.3 is 15.4 Å². The van der Waals surface area contributed by atoms with Gasteiger partial charge in [-0.05, 0) is 25.3 Å². The van der Waals surface area contributed by atoms with Crippen molar-refractivity contribution in [1.29, 1.82) is 0 Å². The largest absolute Gasteiger partial charge is 0.378 e. The number of halogens is 1. The zero-order valence-electron chi connectivity index (χ0n) is 9.56. The van der Waals surface area contributed by atoms with E-state index in [0.29, 0.717) is 31.6 Å². The highest BCUT2D eigenvalue weighted by atomic mass is 35.5. The van der Waals surface area contributed by atoms with E-state index in [4.69, 9.17) is 10.5 Å². The Morgan fingerprint density at radius 3 is 2.62 bits per heavy atom. The van der Waals surface area contributed by atoms with Gasteiger partial charge in [-0.3, -0.25) is 4.79 Å². The Kier molecular flexibility index (Phi) is 5.52. The van der Waals surface area contributed by atoms with Crippen LogP contribution in [0.25, 0.3) is 0 Å². The second kappa shape index (κ2) is 6.42. The lowest BCUT2D eigenvalue weighted by Crippen LogP contribution is -2.45. The molecule has 0 radical (unpaired) electrons. The van der Waals surface area contributed by atoms with Gasteiger partial charge in [-0.2, -0.15) is 0 Å². The van der Waals surface area contributed by atoms with E-state index in [0.717, 1.165) is 32.4 Å². The van der Waals surface area contributed by atoms with Gasteiger partial charge in [-0.25, -0.2) is 0 Å². The summed E-state index contributed by atoms with van der Waals surface area (Å²) in [7, 11) is 0. The van der Waals surface area contributed by atoms with Gasteiger partial charge in [0.25, 0.3) is 0 Å². The van der Waals surface area contributed by atoms with Crippen molar-refractivity contribution in [2.75, 3.05) is 32.8 Å². The normalized spacial score (nSPS) is 29.9. The summed E-state index contributed by atoms with van der Waals surface area (Å²) in [6, 6.07) is 0. The highest BCUT2D eigenvalue weighted by Crippen LogP contribution is 2.32. The molecule has 0 bridgehead atoms. The van der Waals surface area contributed by atoms with E-state index in [9.17, 15) is 4.79 Å². The molecule has 2 atom stereocenters. The molecule has 2 fully saturated rings. The van der Waals surface area contributed by atoms with Crippen LogP contribution in [0.4, 0.5) is 0 Å². The van der Waals surface area contributed by atoms with E-state index in [1.54, 1.807) is 0 Å². The molecule has 0 aromatic rings. The number of amides is 1. The van der Waals surface area contributed by atoms with E-state index in [-0.39, 0.29) is 18.3 Å². The van der Waals surface area contributed by atoms with Gasteiger partial charge >= 0.3 is 0 Å². The van der Waals surface area contributed by atoms with Crippen molar-refractivity contribution in [3.8, 4) is 0 Å². The molecule has 1 amide bonds. The number of hydrogen-bond donors (Lipinski definition) is 1. The fraction of sp³-hybridized carbons (Fsp3) is 0.909. The summed E-state index contributed by atoms with van der Waals surface area (Å²) in [6.07, 6.45) is 3.30. The molecule has 1 saturated heterocycles. The van der Waals surface area contributed by atoms with E-state index >= 15 is 0 Å². The summed E-state index contributed by atoms with van der Waals surface area (Å²) in [5.41, 5.74) is 5.70. The lowest BCUT2D eigenvalue weighted by Gasteiger charge is -2.30. The average molecular weight is 249 g/mol. The summed E-state index contributed by atoms with van der Waals surface area (Å²) in [5.74, 6) is 0.916. The molecule has 0 aromatic carbocycles. The standard InChI is InChI=1S/C11H20N2O2.ClH/c12-8-9-2-1-3-10(9)11(14)13-4-6-15-7-5-13;/h9-10H,1-8,12H2;1H/t9-,10-;/m1./s1. The van der Waals surface area contributed by atoms with Crippen molar-refractivity contribution in [3.63, 3.8) is 0 Å². The number of hydrogen-bond acceptors (Lipinski definition) is 3. The first kappa shape index (κ1) is 13.7. The van der Waals surface area contributed by atoms with Crippen molar-refractivity contribution in [3.05, 3.63) is 0 Å². The van der Waals surface area contributed by atoms with Crippen LogP contribution in [-0.4, -0.2) is 43.7 Å². The summed E-state index contributed by atoms with van der Waals surface area (Å²) in [5, 5.41) is 0. The molecule has 2 aliphatic rings. The molecule has 2 N–H and O–H groups in total. The Labute approximate surface area is 103 Å². The number of nitrogens with two attached hydrogens (primary N) is 1. The van der Waals surface area contributed by atoms with Crippen LogP contribution in [0, 0.1) is 11.8 Å². The van der Waals surface area contributed by atoms with Crippen molar-refractivity contribution >= 4 is 18.3 Å². The van der Waals surface area contributed by atoms with Crippen LogP contribution >= 0.6 is 12.4 Å². The predicted octanol–water partition coefficient (Wildman–Crippen LogP) is 0.642. The van der Waals surface area contributed by atoms with Gasteiger partial charge in [0.2, 0.25) is 5.91 Å². The van der Waals surface area contributed by atoms with Gasteiger partial charge in [0.05, 0.1) is 13.2 Å². The van der Waals surface area contributed by atoms with Crippen molar-refractivity contribution in [1.82, 2.24) is 4.90 Å². The zero-order chi connectivity index (χ0) is 10.7. The first-order chi connectivity index (χ1) is 7.33. The number of carbonyl (C=O) groups is 1. The number of nitrogens with zero attached hydrogens (tertiary/aromatic N) is 1. The number of carbonyl (C=O) groups excluding carboxylic acids is 1. The fourth-order valence-electron chi connectivity index (χ4n) is 2.66. The van der Waals surface area contributed by atoms with Gasteiger partial charge in [0, 0.05) is 19.0 Å². The van der Waals surface area contributed by atoms with Crippen LogP contribution in [-0.2, 0) is 9.53 Å². The topological polar surface area (TPSA) is 55.6 Å². The Morgan fingerprint density at radius 1 is 1.31 bits per heavy atom. The third-order valence-corrected chi connectivity index (χ3v) is 3.60. The quantitative estimate of drug-likeness (QED) is 0.781. The Hall–Kier alpha value is -0.320. The number of ether oxygens (including phenoxy) is 1. The van der Waals surface area contributed by atoms with Gasteiger partial charge in [-0.1, -0.05) is 6.42 Å².